The summed E-state index contributed by atoms with van der Waals surface area (Å²) in [6, 6.07) is 11.4. The van der Waals surface area contributed by atoms with E-state index in [2.05, 4.69) is 32.8 Å². The first-order valence-corrected chi connectivity index (χ1v) is 12.9. The van der Waals surface area contributed by atoms with Crippen molar-refractivity contribution in [3.05, 3.63) is 53.0 Å². The van der Waals surface area contributed by atoms with Crippen LogP contribution in [0.2, 0.25) is 0 Å². The number of imidazole rings is 1. The van der Waals surface area contributed by atoms with E-state index in [0.29, 0.717) is 23.0 Å². The number of carbonyl (C=O) groups excluding carboxylic acids is 1. The predicted molar refractivity (Wildman–Crippen MR) is 142 cm³/mol. The number of aliphatic hydroxyl groups is 1. The summed E-state index contributed by atoms with van der Waals surface area (Å²) in [6.45, 7) is 2.77. The number of fused-ring (bicyclic) bond motifs is 1. The molecular weight excluding hydrogens is 474 g/mol. The Bertz CT molecular complexity index is 1410. The number of rotatable bonds is 6. The second-order valence-corrected chi connectivity index (χ2v) is 9.58. The third kappa shape index (κ3) is 5.64. The molecule has 0 aliphatic heterocycles. The highest BCUT2D eigenvalue weighted by Crippen LogP contribution is 2.27. The molecule has 4 aromatic rings. The van der Waals surface area contributed by atoms with Gasteiger partial charge in [0.2, 0.25) is 5.95 Å². The number of benzene rings is 1. The van der Waals surface area contributed by atoms with Crippen LogP contribution in [0.15, 0.2) is 48.1 Å². The SMILES string of the molecule is CCn1cnc2c(Nc3cccc(NC(=O)C#Cc4cccs4)c3)nc(NC3CCC(O)CC3)nc21. The van der Waals surface area contributed by atoms with Crippen LogP contribution < -0.4 is 16.0 Å². The Balaban J connectivity index is 1.36. The fourth-order valence-corrected chi connectivity index (χ4v) is 4.74. The van der Waals surface area contributed by atoms with Gasteiger partial charge in [0.25, 0.3) is 0 Å². The smallest absolute Gasteiger partial charge is 0.300 e. The third-order valence-corrected chi connectivity index (χ3v) is 6.82. The zero-order chi connectivity index (χ0) is 24.9. The lowest BCUT2D eigenvalue weighted by atomic mass is 9.93. The van der Waals surface area contributed by atoms with E-state index in [4.69, 9.17) is 9.97 Å². The number of hydrogen-bond donors (Lipinski definition) is 4. The first-order chi connectivity index (χ1) is 17.6. The average Bonchev–Trinajstić information content (AvgIpc) is 3.54. The van der Waals surface area contributed by atoms with Crippen LogP contribution in [-0.4, -0.2) is 42.7 Å². The molecule has 0 unspecified atom stereocenters. The van der Waals surface area contributed by atoms with Gasteiger partial charge in [-0.2, -0.15) is 9.97 Å². The summed E-state index contributed by atoms with van der Waals surface area (Å²) in [5.41, 5.74) is 2.77. The highest BCUT2D eigenvalue weighted by Gasteiger charge is 2.21. The summed E-state index contributed by atoms with van der Waals surface area (Å²) < 4.78 is 1.97. The van der Waals surface area contributed by atoms with Crippen LogP contribution in [0.1, 0.15) is 37.5 Å². The number of aliphatic hydroxyl groups excluding tert-OH is 1. The first-order valence-electron chi connectivity index (χ1n) is 12.0. The Morgan fingerprint density at radius 1 is 1.17 bits per heavy atom. The van der Waals surface area contributed by atoms with E-state index in [1.54, 1.807) is 6.33 Å². The molecule has 1 fully saturated rings. The van der Waals surface area contributed by atoms with Crippen molar-refractivity contribution in [3.8, 4) is 11.8 Å². The summed E-state index contributed by atoms with van der Waals surface area (Å²) >= 11 is 1.49. The van der Waals surface area contributed by atoms with E-state index in [1.165, 1.54) is 11.3 Å². The summed E-state index contributed by atoms with van der Waals surface area (Å²) in [5.74, 6) is 6.20. The molecule has 9 nitrogen and oxygen atoms in total. The van der Waals surface area contributed by atoms with E-state index in [0.717, 1.165) is 48.4 Å². The Morgan fingerprint density at radius 2 is 2.00 bits per heavy atom. The van der Waals surface area contributed by atoms with Gasteiger partial charge in [-0.1, -0.05) is 12.1 Å². The number of thiophene rings is 1. The summed E-state index contributed by atoms with van der Waals surface area (Å²) in [6.07, 6.45) is 4.82. The van der Waals surface area contributed by atoms with E-state index in [-0.39, 0.29) is 18.1 Å². The maximum Gasteiger partial charge on any atom is 0.300 e. The van der Waals surface area contributed by atoms with Crippen molar-refractivity contribution < 1.29 is 9.90 Å². The van der Waals surface area contributed by atoms with E-state index in [1.807, 2.05) is 53.3 Å². The van der Waals surface area contributed by atoms with Gasteiger partial charge in [-0.05, 0) is 68.2 Å². The number of aryl methyl sites for hydroxylation is 1. The van der Waals surface area contributed by atoms with Gasteiger partial charge in [-0.3, -0.25) is 4.79 Å². The maximum atomic E-state index is 12.3. The molecule has 0 radical (unpaired) electrons. The molecule has 36 heavy (non-hydrogen) atoms. The van der Waals surface area contributed by atoms with Crippen LogP contribution >= 0.6 is 11.3 Å². The largest absolute Gasteiger partial charge is 0.393 e. The zero-order valence-corrected chi connectivity index (χ0v) is 20.7. The van der Waals surface area contributed by atoms with Crippen molar-refractivity contribution in [1.82, 2.24) is 19.5 Å². The molecule has 1 aromatic carbocycles. The molecule has 3 heterocycles. The predicted octanol–water partition coefficient (Wildman–Crippen LogP) is 4.36. The van der Waals surface area contributed by atoms with Crippen LogP contribution in [-0.2, 0) is 11.3 Å². The maximum absolute atomic E-state index is 12.3. The monoisotopic (exact) mass is 501 g/mol. The lowest BCUT2D eigenvalue weighted by molar-refractivity contribution is -0.111. The van der Waals surface area contributed by atoms with Crippen molar-refractivity contribution in [2.45, 2.75) is 51.3 Å². The summed E-state index contributed by atoms with van der Waals surface area (Å²) in [7, 11) is 0. The second-order valence-electron chi connectivity index (χ2n) is 8.64. The molecule has 1 saturated carbocycles. The topological polar surface area (TPSA) is 117 Å². The number of amides is 1. The fraction of sp³-hybridized carbons (Fsp3) is 0.308. The number of aromatic nitrogens is 4. The normalized spacial score (nSPS) is 17.3. The van der Waals surface area contributed by atoms with Gasteiger partial charge in [0, 0.05) is 29.9 Å². The van der Waals surface area contributed by atoms with Crippen LogP contribution in [0, 0.1) is 11.8 Å². The van der Waals surface area contributed by atoms with Gasteiger partial charge in [-0.15, -0.1) is 11.3 Å². The van der Waals surface area contributed by atoms with Crippen molar-refractivity contribution in [3.63, 3.8) is 0 Å². The summed E-state index contributed by atoms with van der Waals surface area (Å²) in [5, 5.41) is 21.3. The Labute approximate surface area is 213 Å². The molecule has 1 aliphatic carbocycles. The highest BCUT2D eigenvalue weighted by molar-refractivity contribution is 7.10. The quantitative estimate of drug-likeness (QED) is 0.290. The number of anilines is 4. The summed E-state index contributed by atoms with van der Waals surface area (Å²) in [4.78, 5) is 27.1. The lowest BCUT2D eigenvalue weighted by Gasteiger charge is -2.26. The molecule has 1 amide bonds. The molecule has 0 spiro atoms. The minimum atomic E-state index is -0.379. The van der Waals surface area contributed by atoms with Gasteiger partial charge in [-0.25, -0.2) is 4.98 Å². The Morgan fingerprint density at radius 3 is 2.78 bits per heavy atom. The highest BCUT2D eigenvalue weighted by atomic mass is 32.1. The molecule has 0 bridgehead atoms. The zero-order valence-electron chi connectivity index (χ0n) is 19.9. The van der Waals surface area contributed by atoms with Crippen LogP contribution in [0.5, 0.6) is 0 Å². The van der Waals surface area contributed by atoms with Crippen molar-refractivity contribution in [2.24, 2.45) is 0 Å². The van der Waals surface area contributed by atoms with E-state index < -0.39 is 0 Å². The molecular formula is C26H27N7O2S. The standard InChI is InChI=1S/C26H27N7O2S/c1-2-33-16-27-23-24(31-26(32-25(23)33)30-17-8-10-20(34)11-9-17)29-19-6-3-5-18(15-19)28-22(35)13-12-21-7-4-14-36-21/h3-7,14-17,20,34H,2,8-11H2,1H3,(H,28,35)(H2,29,30,31,32). The molecule has 10 heteroatoms. The van der Waals surface area contributed by atoms with Gasteiger partial charge in [0.05, 0.1) is 17.3 Å². The fourth-order valence-electron chi connectivity index (χ4n) is 4.17. The van der Waals surface area contributed by atoms with Gasteiger partial charge in [0.15, 0.2) is 17.0 Å². The molecule has 3 aromatic heterocycles. The minimum absolute atomic E-state index is 0.213. The van der Waals surface area contributed by atoms with Crippen LogP contribution in [0.4, 0.5) is 23.1 Å². The molecule has 4 N–H and O–H groups in total. The average molecular weight is 502 g/mol. The Hall–Kier alpha value is -3.94. The molecule has 0 saturated heterocycles. The molecule has 1 aliphatic rings. The van der Waals surface area contributed by atoms with Crippen LogP contribution in [0.25, 0.3) is 11.2 Å². The van der Waals surface area contributed by atoms with Crippen LogP contribution in [0.3, 0.4) is 0 Å². The number of nitrogens with zero attached hydrogens (tertiary/aromatic N) is 4. The Kier molecular flexibility index (Phi) is 7.11. The molecule has 0 atom stereocenters. The van der Waals surface area contributed by atoms with Gasteiger partial charge >= 0.3 is 5.91 Å². The van der Waals surface area contributed by atoms with Crippen molar-refractivity contribution >= 4 is 51.5 Å². The number of hydrogen-bond acceptors (Lipinski definition) is 8. The van der Waals surface area contributed by atoms with Gasteiger partial charge < -0.3 is 25.6 Å². The van der Waals surface area contributed by atoms with E-state index >= 15 is 0 Å². The van der Waals surface area contributed by atoms with E-state index in [9.17, 15) is 9.90 Å². The number of nitrogens with one attached hydrogen (secondary N) is 3. The van der Waals surface area contributed by atoms with Gasteiger partial charge in [0.1, 0.15) is 0 Å². The van der Waals surface area contributed by atoms with Crippen molar-refractivity contribution in [1.29, 1.82) is 0 Å². The lowest BCUT2D eigenvalue weighted by Crippen LogP contribution is -2.29. The van der Waals surface area contributed by atoms with Crippen molar-refractivity contribution in [2.75, 3.05) is 16.0 Å². The molecule has 5 rings (SSSR count). The second kappa shape index (κ2) is 10.8. The minimum Gasteiger partial charge on any atom is -0.393 e. The number of carbonyl (C=O) groups is 1. The molecule has 184 valence electrons. The first kappa shape index (κ1) is 23.8. The third-order valence-electron chi connectivity index (χ3n) is 6.04.